The Bertz CT molecular complexity index is 1210. The summed E-state index contributed by atoms with van der Waals surface area (Å²) in [5.74, 6) is -1.50. The zero-order valence-corrected chi connectivity index (χ0v) is 39.1. The minimum atomic E-state index is -0.880. The summed E-state index contributed by atoms with van der Waals surface area (Å²) in [6.45, 7) is 4.59. The number of nitrogens with zero attached hydrogens (tertiary/aromatic N) is 1. The van der Waals surface area contributed by atoms with Crippen molar-refractivity contribution in [2.45, 2.75) is 199 Å². The fourth-order valence-electron chi connectivity index (χ4n) is 6.68. The smallest absolute Gasteiger partial charge is 0.362 e. The lowest BCUT2D eigenvalue weighted by Crippen LogP contribution is -2.50. The molecule has 0 aromatic carbocycles. The number of carboxylic acids is 1. The highest BCUT2D eigenvalue weighted by molar-refractivity contribution is 5.72. The van der Waals surface area contributed by atoms with Gasteiger partial charge in [0.1, 0.15) is 6.61 Å². The highest BCUT2D eigenvalue weighted by Gasteiger charge is 2.31. The predicted octanol–water partition coefficient (Wildman–Crippen LogP) is 13.5. The summed E-state index contributed by atoms with van der Waals surface area (Å²) in [5, 5.41) is 9.63. The molecule has 2 unspecified atom stereocenters. The number of aliphatic carboxylic acids is 1. The number of quaternary nitrogens is 1. The van der Waals surface area contributed by atoms with E-state index < -0.39 is 18.1 Å². The molecule has 2 atom stereocenters. The van der Waals surface area contributed by atoms with Crippen molar-refractivity contribution in [3.05, 3.63) is 72.9 Å². The zero-order valence-electron chi connectivity index (χ0n) is 39.1. The molecule has 0 aliphatic heterocycles. The van der Waals surface area contributed by atoms with E-state index in [9.17, 15) is 19.5 Å². The summed E-state index contributed by atoms with van der Waals surface area (Å²) < 4.78 is 17.3. The van der Waals surface area contributed by atoms with E-state index in [1.165, 1.54) is 64.2 Å². The van der Waals surface area contributed by atoms with Crippen LogP contribution in [-0.4, -0.2) is 80.6 Å². The molecule has 0 saturated heterocycles. The van der Waals surface area contributed by atoms with Crippen LogP contribution in [0.4, 0.5) is 0 Å². The third kappa shape index (κ3) is 40.2. The summed E-state index contributed by atoms with van der Waals surface area (Å²) in [5.41, 5.74) is 0. The van der Waals surface area contributed by atoms with Crippen molar-refractivity contribution in [2.24, 2.45) is 0 Å². The lowest BCUT2D eigenvalue weighted by Gasteiger charge is -2.31. The summed E-state index contributed by atoms with van der Waals surface area (Å²) in [4.78, 5) is 37.0. The molecular weight excluding hydrogens is 751 g/mol. The molecule has 0 fully saturated rings. The molecule has 0 spiro atoms. The number of carboxylic acid groups (broad SMARTS) is 1. The van der Waals surface area contributed by atoms with Crippen LogP contribution in [0.25, 0.3) is 0 Å². The van der Waals surface area contributed by atoms with Crippen LogP contribution in [0, 0.1) is 0 Å². The van der Waals surface area contributed by atoms with Gasteiger partial charge in [0, 0.05) is 19.3 Å². The molecule has 0 aliphatic carbocycles. The molecule has 60 heavy (non-hydrogen) atoms. The van der Waals surface area contributed by atoms with Crippen LogP contribution in [-0.2, 0) is 28.6 Å². The number of esters is 2. The Morgan fingerprint density at radius 2 is 0.933 bits per heavy atom. The first-order chi connectivity index (χ1) is 29.1. The maximum atomic E-state index is 12.7. The Balaban J connectivity index is 4.32. The van der Waals surface area contributed by atoms with Gasteiger partial charge in [-0.05, 0) is 64.2 Å². The van der Waals surface area contributed by atoms with E-state index >= 15 is 0 Å². The van der Waals surface area contributed by atoms with Gasteiger partial charge in [-0.15, -0.1) is 0 Å². The van der Waals surface area contributed by atoms with Crippen LogP contribution in [0.2, 0.25) is 0 Å². The molecule has 0 aliphatic rings. The number of ether oxygens (including phenoxy) is 3. The molecule has 0 bridgehead atoms. The van der Waals surface area contributed by atoms with Gasteiger partial charge in [0.05, 0.1) is 34.4 Å². The second-order valence-electron chi connectivity index (χ2n) is 17.0. The number of carbonyl (C=O) groups excluding carboxylic acids is 2. The van der Waals surface area contributed by atoms with E-state index in [2.05, 4.69) is 86.8 Å². The number of unbranched alkanes of at least 4 members (excludes halogenated alkanes) is 16. The highest BCUT2D eigenvalue weighted by atomic mass is 16.6. The number of hydrogen-bond donors (Lipinski definition) is 1. The minimum Gasteiger partial charge on any atom is -0.477 e. The molecule has 0 heterocycles. The Labute approximate surface area is 368 Å². The molecule has 8 heteroatoms. The van der Waals surface area contributed by atoms with Crippen LogP contribution in [0.3, 0.4) is 0 Å². The van der Waals surface area contributed by atoms with Gasteiger partial charge in [-0.3, -0.25) is 9.59 Å². The predicted molar refractivity (Wildman–Crippen MR) is 252 cm³/mol. The Morgan fingerprint density at radius 3 is 1.38 bits per heavy atom. The quantitative estimate of drug-likeness (QED) is 0.0283. The van der Waals surface area contributed by atoms with Gasteiger partial charge in [0.25, 0.3) is 0 Å². The average molecular weight is 841 g/mol. The van der Waals surface area contributed by atoms with E-state index in [4.69, 9.17) is 14.2 Å². The fraction of sp³-hybridized carbons (Fsp3) is 0.712. The SMILES string of the molecule is CC/C=C/C/C=C/C/C=C/C/C=C/C/C=C/C/C=C/CCCCCCC(=O)OCC(COCCC(C(=O)O)[N+](C)(C)C)OC(=O)CCCCCCCCCCCCCCC. The van der Waals surface area contributed by atoms with Gasteiger partial charge in [0.2, 0.25) is 0 Å². The molecule has 0 radical (unpaired) electrons. The normalized spacial score (nSPS) is 13.6. The van der Waals surface area contributed by atoms with E-state index in [-0.39, 0.29) is 36.2 Å². The molecule has 0 aromatic heterocycles. The zero-order chi connectivity index (χ0) is 44.2. The molecular formula is C52H90NO7+. The Kier molecular flexibility index (Phi) is 40.2. The van der Waals surface area contributed by atoms with Crippen LogP contribution in [0.15, 0.2) is 72.9 Å². The van der Waals surface area contributed by atoms with Crippen molar-refractivity contribution in [3.8, 4) is 0 Å². The standard InChI is InChI=1S/C52H89NO7/c1-6-8-10-12-14-16-18-20-21-22-23-24-25-26-27-28-29-31-32-34-36-38-40-42-50(54)59-47-48(46-58-45-44-49(52(56)57)53(3,4)5)60-51(55)43-41-39-37-35-33-30-19-17-15-13-11-9-7-2/h8,10,14,16,20-21,23-24,26-27,29,31,48-49H,6-7,9,11-13,15,17-19,22,25,28,30,32-47H2,1-5H3/p+1/b10-8+,16-14+,21-20+,24-23+,27-26+,31-29+. The van der Waals surface area contributed by atoms with Crippen LogP contribution >= 0.6 is 0 Å². The molecule has 0 rings (SSSR count). The Hall–Kier alpha value is -3.23. The second kappa shape index (κ2) is 42.5. The number of likely N-dealkylation sites (N-methyl/N-ethyl adjacent to an activating group) is 1. The molecule has 0 saturated carbocycles. The monoisotopic (exact) mass is 841 g/mol. The largest absolute Gasteiger partial charge is 0.477 e. The lowest BCUT2D eigenvalue weighted by molar-refractivity contribution is -0.887. The van der Waals surface area contributed by atoms with Crippen molar-refractivity contribution >= 4 is 17.9 Å². The molecule has 0 aromatic rings. The molecule has 0 amide bonds. The van der Waals surface area contributed by atoms with Crippen molar-refractivity contribution in [1.82, 2.24) is 0 Å². The maximum absolute atomic E-state index is 12.7. The van der Waals surface area contributed by atoms with Gasteiger partial charge in [-0.2, -0.15) is 0 Å². The number of carbonyl (C=O) groups is 3. The van der Waals surface area contributed by atoms with Crippen molar-refractivity contribution < 1.29 is 38.2 Å². The Morgan fingerprint density at radius 1 is 0.517 bits per heavy atom. The number of hydrogen-bond acceptors (Lipinski definition) is 6. The van der Waals surface area contributed by atoms with E-state index in [0.29, 0.717) is 19.3 Å². The first-order valence-electron chi connectivity index (χ1n) is 24.0. The molecule has 8 nitrogen and oxygen atoms in total. The van der Waals surface area contributed by atoms with Gasteiger partial charge in [-0.25, -0.2) is 4.79 Å². The molecule has 344 valence electrons. The van der Waals surface area contributed by atoms with Crippen LogP contribution in [0.1, 0.15) is 187 Å². The van der Waals surface area contributed by atoms with E-state index in [1.807, 2.05) is 21.1 Å². The van der Waals surface area contributed by atoms with Crippen molar-refractivity contribution in [2.75, 3.05) is 41.0 Å². The maximum Gasteiger partial charge on any atom is 0.362 e. The first-order valence-corrected chi connectivity index (χ1v) is 24.0. The van der Waals surface area contributed by atoms with Crippen molar-refractivity contribution in [3.63, 3.8) is 0 Å². The average Bonchev–Trinajstić information content (AvgIpc) is 3.21. The topological polar surface area (TPSA) is 99.1 Å². The first kappa shape index (κ1) is 56.8. The van der Waals surface area contributed by atoms with Gasteiger partial charge >= 0.3 is 17.9 Å². The number of rotatable bonds is 42. The van der Waals surface area contributed by atoms with Gasteiger partial charge in [0.15, 0.2) is 12.1 Å². The van der Waals surface area contributed by atoms with Crippen LogP contribution in [0.5, 0.6) is 0 Å². The molecule has 1 N–H and O–H groups in total. The third-order valence-electron chi connectivity index (χ3n) is 10.4. The van der Waals surface area contributed by atoms with Gasteiger partial charge < -0.3 is 23.8 Å². The lowest BCUT2D eigenvalue weighted by atomic mass is 10.0. The van der Waals surface area contributed by atoms with Crippen molar-refractivity contribution in [1.29, 1.82) is 0 Å². The third-order valence-corrected chi connectivity index (χ3v) is 10.4. The highest BCUT2D eigenvalue weighted by Crippen LogP contribution is 2.15. The fourth-order valence-corrected chi connectivity index (χ4v) is 6.68. The summed E-state index contributed by atoms with van der Waals surface area (Å²) in [6.07, 6.45) is 53.7. The summed E-state index contributed by atoms with van der Waals surface area (Å²) in [6, 6.07) is -0.620. The van der Waals surface area contributed by atoms with E-state index in [1.54, 1.807) is 0 Å². The van der Waals surface area contributed by atoms with Crippen LogP contribution < -0.4 is 0 Å². The summed E-state index contributed by atoms with van der Waals surface area (Å²) >= 11 is 0. The minimum absolute atomic E-state index is 0.0513. The van der Waals surface area contributed by atoms with E-state index in [0.717, 1.165) is 89.9 Å². The van der Waals surface area contributed by atoms with Gasteiger partial charge in [-0.1, -0.05) is 177 Å². The number of allylic oxidation sites excluding steroid dienone is 12. The second-order valence-corrected chi connectivity index (χ2v) is 17.0. The summed E-state index contributed by atoms with van der Waals surface area (Å²) in [7, 11) is 5.52.